The predicted octanol–water partition coefficient (Wildman–Crippen LogP) is 4.81. The van der Waals surface area contributed by atoms with E-state index in [-0.39, 0.29) is 5.56 Å². The van der Waals surface area contributed by atoms with E-state index in [4.69, 9.17) is 20.8 Å². The van der Waals surface area contributed by atoms with Crippen LogP contribution in [0.4, 0.5) is 0 Å². The smallest absolute Gasteiger partial charge is 0.338 e. The van der Waals surface area contributed by atoms with Gasteiger partial charge in [-0.2, -0.15) is 0 Å². The first-order valence-electron chi connectivity index (χ1n) is 10.6. The Balaban J connectivity index is 1.56. The van der Waals surface area contributed by atoms with Gasteiger partial charge in [0.15, 0.2) is 9.89 Å². The number of rotatable bonds is 5. The predicted molar refractivity (Wildman–Crippen MR) is 137 cm³/mol. The summed E-state index contributed by atoms with van der Waals surface area (Å²) in [6, 6.07) is 19.9. The monoisotopic (exact) mass is 522 g/mol. The molecule has 0 N–H and O–H groups in total. The average molecular weight is 523 g/mol. The number of nitrogens with zero attached hydrogens (tertiary/aromatic N) is 2. The maximum atomic E-state index is 13.5. The highest BCUT2D eigenvalue weighted by Gasteiger charge is 2.32. The summed E-state index contributed by atoms with van der Waals surface area (Å²) in [6.07, 6.45) is 1.70. The summed E-state index contributed by atoms with van der Waals surface area (Å²) in [5.41, 5.74) is 1.42. The van der Waals surface area contributed by atoms with Crippen LogP contribution in [-0.2, 0) is 9.53 Å². The summed E-state index contributed by atoms with van der Waals surface area (Å²) in [7, 11) is 1.33. The van der Waals surface area contributed by atoms with Gasteiger partial charge in [-0.15, -0.1) is 0 Å². The van der Waals surface area contributed by atoms with Gasteiger partial charge in [-0.3, -0.25) is 9.36 Å². The number of halogens is 1. The summed E-state index contributed by atoms with van der Waals surface area (Å²) in [5, 5.41) is 1.36. The number of carbonyl (C=O) groups is 1. The molecule has 1 aliphatic rings. The fraction of sp³-hybridized carbons (Fsp3) is 0.115. The number of methoxy groups -OCH3 is 1. The van der Waals surface area contributed by atoms with E-state index in [1.807, 2.05) is 66.7 Å². The fourth-order valence-electron chi connectivity index (χ4n) is 3.86. The molecule has 0 amide bonds. The molecule has 0 saturated heterocycles. The van der Waals surface area contributed by atoms with Crippen LogP contribution in [-0.4, -0.2) is 17.6 Å². The van der Waals surface area contributed by atoms with Crippen molar-refractivity contribution in [2.45, 2.75) is 23.0 Å². The number of thiazole rings is 1. The molecule has 35 heavy (non-hydrogen) atoms. The van der Waals surface area contributed by atoms with Crippen molar-refractivity contribution in [2.75, 3.05) is 7.11 Å². The number of aromatic nitrogens is 1. The minimum Gasteiger partial charge on any atom is -0.466 e. The van der Waals surface area contributed by atoms with Gasteiger partial charge in [-0.1, -0.05) is 65.0 Å². The van der Waals surface area contributed by atoms with E-state index in [0.29, 0.717) is 36.5 Å². The van der Waals surface area contributed by atoms with Crippen LogP contribution in [0, 0.1) is 0 Å². The van der Waals surface area contributed by atoms with Crippen molar-refractivity contribution in [2.24, 2.45) is 4.99 Å². The summed E-state index contributed by atoms with van der Waals surface area (Å²) in [6.45, 7) is 1.76. The number of carbonyl (C=O) groups excluding carboxylic acids is 1. The molecule has 0 spiro atoms. The van der Waals surface area contributed by atoms with Gasteiger partial charge in [-0.25, -0.2) is 9.79 Å². The standard InChI is InChI=1S/C26H19ClN2O4S2/c1-15-22(25(31)32-2)23(16-6-4-3-5-7-16)29-24(30)20(35-26(29)28-15)14-18-10-13-21(33-18)34-19-11-8-17(27)9-12-19/h3-14,23H,1-2H3. The second-order valence-electron chi connectivity index (χ2n) is 7.70. The van der Waals surface area contributed by atoms with Crippen molar-refractivity contribution < 1.29 is 13.9 Å². The molecule has 0 saturated carbocycles. The fourth-order valence-corrected chi connectivity index (χ4v) is 5.79. The SMILES string of the molecule is COC(=O)C1=C(C)N=c2sc(=Cc3ccc(Sc4ccc(Cl)cc4)o3)c(=O)n2C1c1ccccc1. The van der Waals surface area contributed by atoms with Crippen LogP contribution in [0.2, 0.25) is 5.02 Å². The molecule has 6 nitrogen and oxygen atoms in total. The van der Waals surface area contributed by atoms with Gasteiger partial charge in [0, 0.05) is 16.0 Å². The van der Waals surface area contributed by atoms with E-state index >= 15 is 0 Å². The molecule has 176 valence electrons. The summed E-state index contributed by atoms with van der Waals surface area (Å²) in [5.74, 6) is 0.0381. The van der Waals surface area contributed by atoms with E-state index in [2.05, 4.69) is 4.99 Å². The van der Waals surface area contributed by atoms with Crippen molar-refractivity contribution >= 4 is 46.7 Å². The van der Waals surface area contributed by atoms with Crippen LogP contribution in [0.15, 0.2) is 102 Å². The average Bonchev–Trinajstić information content (AvgIpc) is 3.43. The van der Waals surface area contributed by atoms with Crippen LogP contribution in [0.3, 0.4) is 0 Å². The summed E-state index contributed by atoms with van der Waals surface area (Å²) in [4.78, 5) is 32.3. The van der Waals surface area contributed by atoms with Gasteiger partial charge >= 0.3 is 5.97 Å². The zero-order valence-electron chi connectivity index (χ0n) is 18.7. The van der Waals surface area contributed by atoms with Crippen molar-refractivity contribution in [3.8, 4) is 0 Å². The van der Waals surface area contributed by atoms with E-state index in [1.54, 1.807) is 17.6 Å². The number of furan rings is 1. The Morgan fingerprint density at radius 2 is 1.89 bits per heavy atom. The van der Waals surface area contributed by atoms with Crippen LogP contribution in [0.5, 0.6) is 0 Å². The highest BCUT2D eigenvalue weighted by molar-refractivity contribution is 7.99. The first-order valence-corrected chi connectivity index (χ1v) is 12.6. The van der Waals surface area contributed by atoms with E-state index in [0.717, 1.165) is 10.5 Å². The second-order valence-corrected chi connectivity index (χ2v) is 10.2. The Morgan fingerprint density at radius 1 is 1.14 bits per heavy atom. The number of esters is 1. The van der Waals surface area contributed by atoms with Gasteiger partial charge in [0.2, 0.25) is 0 Å². The number of ether oxygens (including phenoxy) is 1. The minimum atomic E-state index is -0.630. The number of hydrogen-bond acceptors (Lipinski definition) is 7. The molecule has 0 radical (unpaired) electrons. The lowest BCUT2D eigenvalue weighted by molar-refractivity contribution is -0.136. The maximum absolute atomic E-state index is 13.5. The van der Waals surface area contributed by atoms with E-state index < -0.39 is 12.0 Å². The number of fused-ring (bicyclic) bond motifs is 1. The molecule has 4 aromatic rings. The molecular weight excluding hydrogens is 504 g/mol. The van der Waals surface area contributed by atoms with Gasteiger partial charge in [0.05, 0.1) is 29.0 Å². The molecule has 0 bridgehead atoms. The normalized spacial score (nSPS) is 15.6. The Morgan fingerprint density at radius 3 is 2.60 bits per heavy atom. The molecule has 2 aromatic carbocycles. The zero-order valence-corrected chi connectivity index (χ0v) is 21.1. The van der Waals surface area contributed by atoms with Crippen molar-refractivity contribution in [1.82, 2.24) is 4.57 Å². The zero-order chi connectivity index (χ0) is 24.5. The van der Waals surface area contributed by atoms with Gasteiger partial charge < -0.3 is 9.15 Å². The number of benzene rings is 2. The first-order chi connectivity index (χ1) is 16.9. The minimum absolute atomic E-state index is 0.250. The lowest BCUT2D eigenvalue weighted by Gasteiger charge is -2.24. The lowest BCUT2D eigenvalue weighted by atomic mass is 9.96. The van der Waals surface area contributed by atoms with Crippen LogP contribution >= 0.6 is 34.7 Å². The van der Waals surface area contributed by atoms with E-state index in [1.165, 1.54) is 30.2 Å². The topological polar surface area (TPSA) is 73.8 Å². The van der Waals surface area contributed by atoms with Gasteiger partial charge in [0.1, 0.15) is 5.76 Å². The molecule has 1 aliphatic heterocycles. The molecule has 1 atom stereocenters. The molecule has 2 aromatic heterocycles. The molecule has 1 unspecified atom stereocenters. The highest BCUT2D eigenvalue weighted by Crippen LogP contribution is 2.31. The van der Waals surface area contributed by atoms with Crippen molar-refractivity contribution in [3.05, 3.63) is 114 Å². The third kappa shape index (κ3) is 4.65. The Bertz CT molecular complexity index is 1620. The Labute approximate surface area is 213 Å². The molecular formula is C26H19ClN2O4S2. The van der Waals surface area contributed by atoms with E-state index in [9.17, 15) is 9.59 Å². The third-order valence-corrected chi connectivity index (χ3v) is 7.61. The Kier molecular flexibility index (Phi) is 6.51. The molecule has 3 heterocycles. The van der Waals surface area contributed by atoms with Gasteiger partial charge in [-0.05, 0) is 48.9 Å². The summed E-state index contributed by atoms with van der Waals surface area (Å²) < 4.78 is 13.0. The van der Waals surface area contributed by atoms with Crippen molar-refractivity contribution in [1.29, 1.82) is 0 Å². The largest absolute Gasteiger partial charge is 0.466 e. The number of hydrogen-bond donors (Lipinski definition) is 0. The molecule has 5 rings (SSSR count). The second kappa shape index (κ2) is 9.73. The maximum Gasteiger partial charge on any atom is 0.338 e. The van der Waals surface area contributed by atoms with Crippen LogP contribution in [0.25, 0.3) is 6.08 Å². The van der Waals surface area contributed by atoms with Crippen LogP contribution < -0.4 is 14.9 Å². The molecule has 0 fully saturated rings. The van der Waals surface area contributed by atoms with Crippen LogP contribution in [0.1, 0.15) is 24.3 Å². The first kappa shape index (κ1) is 23.4. The third-order valence-electron chi connectivity index (χ3n) is 5.45. The highest BCUT2D eigenvalue weighted by atomic mass is 35.5. The van der Waals surface area contributed by atoms with Crippen molar-refractivity contribution in [3.63, 3.8) is 0 Å². The van der Waals surface area contributed by atoms with Gasteiger partial charge in [0.25, 0.3) is 5.56 Å². The molecule has 9 heteroatoms. The Hall–Kier alpha value is -3.33. The molecule has 0 aliphatic carbocycles. The quantitative estimate of drug-likeness (QED) is 0.352. The lowest BCUT2D eigenvalue weighted by Crippen LogP contribution is -2.39. The summed E-state index contributed by atoms with van der Waals surface area (Å²) >= 11 is 8.67. The number of allylic oxidation sites excluding steroid dienone is 1.